The number of hydrogen-bond donors (Lipinski definition) is 2. The highest BCUT2D eigenvalue weighted by Gasteiger charge is 2.37. The zero-order chi connectivity index (χ0) is 13.7. The maximum absolute atomic E-state index is 12.4. The Balaban J connectivity index is 2.21. The molecule has 2 aliphatic rings. The van der Waals surface area contributed by atoms with E-state index in [1.807, 2.05) is 0 Å². The van der Waals surface area contributed by atoms with Crippen LogP contribution in [0.15, 0.2) is 35.6 Å². The summed E-state index contributed by atoms with van der Waals surface area (Å²) < 4.78 is 5.79. The van der Waals surface area contributed by atoms with Gasteiger partial charge in [0.15, 0.2) is 5.78 Å². The van der Waals surface area contributed by atoms with Gasteiger partial charge in [0.2, 0.25) is 0 Å². The van der Waals surface area contributed by atoms with Crippen molar-refractivity contribution in [1.82, 2.24) is 0 Å². The Morgan fingerprint density at radius 3 is 2.68 bits per heavy atom. The Morgan fingerprint density at radius 1 is 1.21 bits per heavy atom. The van der Waals surface area contributed by atoms with Crippen LogP contribution in [0.4, 0.5) is 0 Å². The number of Topliss-reactive ketones (excluding diaryl/α,β-unsaturated/α-hetero) is 1. The molecule has 0 aromatic heterocycles. The summed E-state index contributed by atoms with van der Waals surface area (Å²) in [4.78, 5) is 12.4. The number of aromatic hydroxyl groups is 1. The molecule has 1 aromatic carbocycles. The molecule has 0 radical (unpaired) electrons. The lowest BCUT2D eigenvalue weighted by atomic mass is 9.85. The standard InChI is InChI=1S/C15H14O4/c1-7-11(16)5-3-9-13(18)10-4-6-12(17)8(2)15(10)19-14(7)9/h3-6,9,11,16-17H,1-2H3. The van der Waals surface area contributed by atoms with Crippen molar-refractivity contribution < 1.29 is 19.7 Å². The fraction of sp³-hybridized carbons (Fsp3) is 0.267. The number of ether oxygens (including phenoxy) is 1. The minimum Gasteiger partial charge on any atom is -0.508 e. The molecule has 0 bridgehead atoms. The van der Waals surface area contributed by atoms with Crippen molar-refractivity contribution in [3.8, 4) is 11.5 Å². The topological polar surface area (TPSA) is 66.8 Å². The second kappa shape index (κ2) is 3.96. The predicted octanol–water partition coefficient (Wildman–Crippen LogP) is 2.10. The zero-order valence-electron chi connectivity index (χ0n) is 10.7. The van der Waals surface area contributed by atoms with Gasteiger partial charge in [-0.05, 0) is 31.6 Å². The number of aliphatic hydroxyl groups is 1. The van der Waals surface area contributed by atoms with Crippen molar-refractivity contribution in [2.45, 2.75) is 20.0 Å². The van der Waals surface area contributed by atoms with Crippen LogP contribution in [-0.4, -0.2) is 22.1 Å². The molecule has 4 heteroatoms. The summed E-state index contributed by atoms with van der Waals surface area (Å²) in [6.45, 7) is 3.44. The molecule has 0 spiro atoms. The van der Waals surface area contributed by atoms with Crippen LogP contribution in [-0.2, 0) is 0 Å². The average Bonchev–Trinajstić information content (AvgIpc) is 2.39. The number of aliphatic hydroxyl groups excluding tert-OH is 1. The van der Waals surface area contributed by atoms with Crippen LogP contribution in [0.3, 0.4) is 0 Å². The number of phenolic OH excluding ortho intramolecular Hbond substituents is 1. The van der Waals surface area contributed by atoms with Crippen LogP contribution < -0.4 is 4.74 Å². The molecule has 2 atom stereocenters. The molecule has 0 amide bonds. The van der Waals surface area contributed by atoms with Crippen molar-refractivity contribution in [3.63, 3.8) is 0 Å². The van der Waals surface area contributed by atoms with Crippen molar-refractivity contribution in [2.24, 2.45) is 5.92 Å². The second-order valence-electron chi connectivity index (χ2n) is 4.91. The molecule has 2 unspecified atom stereocenters. The molecule has 1 aromatic rings. The minimum atomic E-state index is -0.724. The lowest BCUT2D eigenvalue weighted by molar-refractivity contribution is 0.0911. The molecule has 1 aliphatic heterocycles. The Bertz CT molecular complexity index is 640. The van der Waals surface area contributed by atoms with E-state index in [1.165, 1.54) is 6.07 Å². The van der Waals surface area contributed by atoms with Crippen LogP contribution in [0.1, 0.15) is 22.8 Å². The molecule has 1 aliphatic carbocycles. The molecule has 3 rings (SSSR count). The smallest absolute Gasteiger partial charge is 0.181 e. The average molecular weight is 258 g/mol. The molecule has 2 N–H and O–H groups in total. The van der Waals surface area contributed by atoms with Crippen molar-refractivity contribution in [2.75, 3.05) is 0 Å². The van der Waals surface area contributed by atoms with E-state index in [2.05, 4.69) is 0 Å². The Hall–Kier alpha value is -2.07. The molecule has 0 saturated carbocycles. The SMILES string of the molecule is CC1=C2Oc3c(ccc(O)c3C)C(=O)C2C=CC1O. The molecular weight excluding hydrogens is 244 g/mol. The molecule has 19 heavy (non-hydrogen) atoms. The van der Waals surface area contributed by atoms with Crippen molar-refractivity contribution in [3.05, 3.63) is 46.7 Å². The third-order valence-electron chi connectivity index (χ3n) is 3.74. The first kappa shape index (κ1) is 12.0. The van der Waals surface area contributed by atoms with Gasteiger partial charge in [0.05, 0.1) is 17.6 Å². The highest BCUT2D eigenvalue weighted by molar-refractivity contribution is 6.05. The largest absolute Gasteiger partial charge is 0.508 e. The van der Waals surface area contributed by atoms with Crippen LogP contribution in [0.5, 0.6) is 11.5 Å². The first-order valence-corrected chi connectivity index (χ1v) is 6.12. The third-order valence-corrected chi connectivity index (χ3v) is 3.74. The summed E-state index contributed by atoms with van der Waals surface area (Å²) in [5, 5.41) is 19.5. The normalized spacial score (nSPS) is 24.9. The molecule has 98 valence electrons. The van der Waals surface area contributed by atoms with Crippen molar-refractivity contribution in [1.29, 1.82) is 0 Å². The van der Waals surface area contributed by atoms with Crippen LogP contribution in [0, 0.1) is 12.8 Å². The van der Waals surface area contributed by atoms with Crippen LogP contribution >= 0.6 is 0 Å². The van der Waals surface area contributed by atoms with E-state index in [-0.39, 0.29) is 11.5 Å². The summed E-state index contributed by atoms with van der Waals surface area (Å²) >= 11 is 0. The summed E-state index contributed by atoms with van der Waals surface area (Å²) in [5.41, 5.74) is 1.64. The van der Waals surface area contributed by atoms with Gasteiger partial charge in [0.25, 0.3) is 0 Å². The number of carbonyl (C=O) groups excluding carboxylic acids is 1. The number of rotatable bonds is 0. The van der Waals surface area contributed by atoms with Crippen LogP contribution in [0.2, 0.25) is 0 Å². The number of hydrogen-bond acceptors (Lipinski definition) is 4. The summed E-state index contributed by atoms with van der Waals surface area (Å²) in [6.07, 6.45) is 2.54. The molecule has 4 nitrogen and oxygen atoms in total. The van der Waals surface area contributed by atoms with Gasteiger partial charge in [-0.3, -0.25) is 4.79 Å². The van der Waals surface area contributed by atoms with Gasteiger partial charge in [-0.15, -0.1) is 0 Å². The Morgan fingerprint density at radius 2 is 1.95 bits per heavy atom. The van der Waals surface area contributed by atoms with Gasteiger partial charge in [-0.25, -0.2) is 0 Å². The molecule has 0 saturated heterocycles. The Kier molecular flexibility index (Phi) is 2.50. The summed E-state index contributed by atoms with van der Waals surface area (Å²) in [5.74, 6) is 0.413. The number of phenols is 1. The van der Waals surface area contributed by atoms with Gasteiger partial charge < -0.3 is 14.9 Å². The van der Waals surface area contributed by atoms with Gasteiger partial charge >= 0.3 is 0 Å². The zero-order valence-corrected chi connectivity index (χ0v) is 10.7. The maximum atomic E-state index is 12.4. The highest BCUT2D eigenvalue weighted by atomic mass is 16.5. The third kappa shape index (κ3) is 1.60. The second-order valence-corrected chi connectivity index (χ2v) is 4.91. The molecule has 0 fully saturated rings. The van der Waals surface area contributed by atoms with E-state index >= 15 is 0 Å². The van der Waals surface area contributed by atoms with E-state index in [0.29, 0.717) is 28.2 Å². The lowest BCUT2D eigenvalue weighted by Gasteiger charge is -2.31. The van der Waals surface area contributed by atoms with E-state index in [0.717, 1.165) is 0 Å². The number of allylic oxidation sites excluding steroid dienone is 1. The highest BCUT2D eigenvalue weighted by Crippen LogP contribution is 2.41. The van der Waals surface area contributed by atoms with Crippen molar-refractivity contribution >= 4 is 5.78 Å². The monoisotopic (exact) mass is 258 g/mol. The fourth-order valence-electron chi connectivity index (χ4n) is 2.47. The van der Waals surface area contributed by atoms with Gasteiger partial charge in [-0.2, -0.15) is 0 Å². The van der Waals surface area contributed by atoms with Gasteiger partial charge in [0, 0.05) is 5.56 Å². The minimum absolute atomic E-state index is 0.0677. The molecular formula is C15H14O4. The number of ketones is 1. The first-order valence-electron chi connectivity index (χ1n) is 6.12. The van der Waals surface area contributed by atoms with E-state index in [9.17, 15) is 15.0 Å². The summed E-state index contributed by atoms with van der Waals surface area (Å²) in [6, 6.07) is 3.07. The van der Waals surface area contributed by atoms with Crippen LogP contribution in [0.25, 0.3) is 0 Å². The first-order chi connectivity index (χ1) is 9.00. The molecule has 1 heterocycles. The van der Waals surface area contributed by atoms with Gasteiger partial charge in [-0.1, -0.05) is 12.2 Å². The van der Waals surface area contributed by atoms with Gasteiger partial charge in [0.1, 0.15) is 17.3 Å². The Labute approximate surface area is 110 Å². The van der Waals surface area contributed by atoms with E-state index in [4.69, 9.17) is 4.74 Å². The van der Waals surface area contributed by atoms with E-state index in [1.54, 1.807) is 32.1 Å². The quantitative estimate of drug-likeness (QED) is 0.699. The number of carbonyl (C=O) groups is 1. The number of fused-ring (bicyclic) bond motifs is 2. The number of benzene rings is 1. The fourth-order valence-corrected chi connectivity index (χ4v) is 2.47. The maximum Gasteiger partial charge on any atom is 0.181 e. The predicted molar refractivity (Wildman–Crippen MR) is 69.1 cm³/mol. The summed E-state index contributed by atoms with van der Waals surface area (Å²) in [7, 11) is 0. The lowest BCUT2D eigenvalue weighted by Crippen LogP contribution is -2.30. The van der Waals surface area contributed by atoms with E-state index < -0.39 is 12.0 Å².